The van der Waals surface area contributed by atoms with E-state index in [0.29, 0.717) is 24.4 Å². The number of benzene rings is 1. The number of ether oxygens (including phenoxy) is 1. The number of hydrogen-bond acceptors (Lipinski definition) is 7. The summed E-state index contributed by atoms with van der Waals surface area (Å²) in [7, 11) is 0. The molecule has 0 bridgehead atoms. The molecule has 10 heteroatoms. The van der Waals surface area contributed by atoms with Crippen molar-refractivity contribution in [1.82, 2.24) is 19.5 Å². The summed E-state index contributed by atoms with van der Waals surface area (Å²) in [6.45, 7) is 2.16. The minimum Gasteiger partial charge on any atom is -0.478 e. The van der Waals surface area contributed by atoms with E-state index < -0.39 is 17.3 Å². The van der Waals surface area contributed by atoms with Crippen LogP contribution in [0.4, 0.5) is 11.6 Å². The third-order valence-corrected chi connectivity index (χ3v) is 3.68. The molecule has 0 spiro atoms. The normalized spacial score (nSPS) is 10.5. The zero-order valence-electron chi connectivity index (χ0n) is 14.9. The number of nitrogens with zero attached hydrogens (tertiary/aromatic N) is 3. The molecule has 0 aliphatic rings. The van der Waals surface area contributed by atoms with E-state index in [9.17, 15) is 14.4 Å². The summed E-state index contributed by atoms with van der Waals surface area (Å²) in [5.41, 5.74) is -0.504. The number of pyridine rings is 1. The van der Waals surface area contributed by atoms with Crippen LogP contribution in [0.15, 0.2) is 52.2 Å². The second-order valence-corrected chi connectivity index (χ2v) is 5.77. The Morgan fingerprint density at radius 1 is 1.21 bits per heavy atom. The van der Waals surface area contributed by atoms with Gasteiger partial charge in [0.1, 0.15) is 5.75 Å². The fourth-order valence-corrected chi connectivity index (χ4v) is 2.35. The van der Waals surface area contributed by atoms with Crippen molar-refractivity contribution in [3.8, 4) is 11.6 Å². The van der Waals surface area contributed by atoms with Gasteiger partial charge < -0.3 is 15.2 Å². The minimum absolute atomic E-state index is 0.0435. The van der Waals surface area contributed by atoms with Gasteiger partial charge in [-0.25, -0.2) is 23.9 Å². The van der Waals surface area contributed by atoms with Gasteiger partial charge >= 0.3 is 17.3 Å². The number of hydrogen-bond donors (Lipinski definition) is 3. The van der Waals surface area contributed by atoms with Crippen molar-refractivity contribution < 1.29 is 14.6 Å². The van der Waals surface area contributed by atoms with Gasteiger partial charge in [0.05, 0.1) is 5.56 Å². The third kappa shape index (κ3) is 4.41. The fourth-order valence-electron chi connectivity index (χ4n) is 2.35. The van der Waals surface area contributed by atoms with E-state index in [1.165, 1.54) is 18.3 Å². The van der Waals surface area contributed by atoms with Crippen molar-refractivity contribution in [3.63, 3.8) is 0 Å². The lowest BCUT2D eigenvalue weighted by molar-refractivity contribution is 0.0696. The van der Waals surface area contributed by atoms with Gasteiger partial charge in [0, 0.05) is 24.5 Å². The third-order valence-electron chi connectivity index (χ3n) is 3.68. The van der Waals surface area contributed by atoms with Crippen LogP contribution in [0.25, 0.3) is 0 Å². The molecule has 144 valence electrons. The summed E-state index contributed by atoms with van der Waals surface area (Å²) in [6.07, 6.45) is 1.85. The van der Waals surface area contributed by atoms with Crippen molar-refractivity contribution in [2.45, 2.75) is 19.9 Å². The Balaban J connectivity index is 1.70. The molecule has 1 aromatic carbocycles. The molecule has 0 aliphatic carbocycles. The molecule has 2 aromatic heterocycles. The zero-order chi connectivity index (χ0) is 20.1. The molecule has 0 radical (unpaired) electrons. The average molecular weight is 383 g/mol. The van der Waals surface area contributed by atoms with Crippen LogP contribution in [0.1, 0.15) is 23.7 Å². The SMILES string of the molecule is CCCn1c(=O)nc(Nc2ccc(Oc3ccc(C(=O)O)cn3)cc2)[nH]c1=O. The lowest BCUT2D eigenvalue weighted by atomic mass is 10.3. The van der Waals surface area contributed by atoms with Crippen LogP contribution in [0.2, 0.25) is 0 Å². The van der Waals surface area contributed by atoms with E-state index in [1.807, 2.05) is 6.92 Å². The number of aromatic nitrogens is 4. The summed E-state index contributed by atoms with van der Waals surface area (Å²) in [5, 5.41) is 11.7. The Bertz CT molecular complexity index is 1060. The van der Waals surface area contributed by atoms with Crippen molar-refractivity contribution in [2.75, 3.05) is 5.32 Å². The van der Waals surface area contributed by atoms with Gasteiger partial charge in [0.15, 0.2) is 0 Å². The number of nitrogens with one attached hydrogen (secondary N) is 2. The molecule has 0 saturated heterocycles. The van der Waals surface area contributed by atoms with Gasteiger partial charge in [-0.1, -0.05) is 6.92 Å². The molecule has 0 unspecified atom stereocenters. The number of carbonyl (C=O) groups is 1. The Morgan fingerprint density at radius 2 is 1.96 bits per heavy atom. The molecule has 10 nitrogen and oxygen atoms in total. The van der Waals surface area contributed by atoms with E-state index in [1.54, 1.807) is 24.3 Å². The standard InChI is InChI=1S/C18H17N5O5/c1-2-9-23-17(26)21-16(22-18(23)27)20-12-4-6-13(7-5-12)28-14-8-3-11(10-19-14)15(24)25/h3-8,10H,2,9H2,1H3,(H,24,25)(H2,20,21,22,26,27). The van der Waals surface area contributed by atoms with Gasteiger partial charge in [-0.2, -0.15) is 4.98 Å². The first-order chi connectivity index (χ1) is 13.5. The smallest absolute Gasteiger partial charge is 0.354 e. The summed E-state index contributed by atoms with van der Waals surface area (Å²) in [6, 6.07) is 9.47. The Morgan fingerprint density at radius 3 is 2.54 bits per heavy atom. The summed E-state index contributed by atoms with van der Waals surface area (Å²) in [5.74, 6) is -0.303. The highest BCUT2D eigenvalue weighted by atomic mass is 16.5. The topological polar surface area (TPSA) is 139 Å². The molecule has 0 saturated carbocycles. The number of carboxylic acids is 1. The second kappa shape index (κ2) is 8.16. The largest absolute Gasteiger partial charge is 0.478 e. The van der Waals surface area contributed by atoms with E-state index in [-0.39, 0.29) is 17.4 Å². The molecule has 28 heavy (non-hydrogen) atoms. The molecule has 0 amide bonds. The van der Waals surface area contributed by atoms with Gasteiger partial charge in [-0.15, -0.1) is 0 Å². The quantitative estimate of drug-likeness (QED) is 0.563. The van der Waals surface area contributed by atoms with Crippen molar-refractivity contribution in [1.29, 1.82) is 0 Å². The maximum atomic E-state index is 11.9. The number of anilines is 2. The number of rotatable bonds is 7. The fraction of sp³-hybridized carbons (Fsp3) is 0.167. The Labute approximate surface area is 158 Å². The zero-order valence-corrected chi connectivity index (χ0v) is 14.9. The van der Waals surface area contributed by atoms with Gasteiger partial charge in [-0.3, -0.25) is 4.98 Å². The monoisotopic (exact) mass is 383 g/mol. The van der Waals surface area contributed by atoms with Crippen LogP contribution in [0.3, 0.4) is 0 Å². The molecule has 3 aromatic rings. The van der Waals surface area contributed by atoms with Crippen LogP contribution >= 0.6 is 0 Å². The summed E-state index contributed by atoms with van der Waals surface area (Å²) >= 11 is 0. The average Bonchev–Trinajstić information content (AvgIpc) is 2.67. The van der Waals surface area contributed by atoms with Crippen LogP contribution in [0, 0.1) is 0 Å². The highest BCUT2D eigenvalue weighted by Crippen LogP contribution is 2.22. The van der Waals surface area contributed by atoms with E-state index >= 15 is 0 Å². The lowest BCUT2D eigenvalue weighted by Gasteiger charge is -2.08. The molecule has 3 N–H and O–H groups in total. The van der Waals surface area contributed by atoms with Crippen LogP contribution in [-0.2, 0) is 6.54 Å². The molecule has 0 aliphatic heterocycles. The molecule has 2 heterocycles. The predicted molar refractivity (Wildman–Crippen MR) is 100 cm³/mol. The molecular formula is C18H17N5O5. The Hall–Kier alpha value is -3.95. The first kappa shape index (κ1) is 18.8. The van der Waals surface area contributed by atoms with Crippen molar-refractivity contribution in [3.05, 3.63) is 69.1 Å². The summed E-state index contributed by atoms with van der Waals surface area (Å²) in [4.78, 5) is 44.9. The maximum absolute atomic E-state index is 11.9. The number of aromatic carboxylic acids is 1. The van der Waals surface area contributed by atoms with Crippen LogP contribution < -0.4 is 21.4 Å². The second-order valence-electron chi connectivity index (χ2n) is 5.77. The number of carboxylic acid groups (broad SMARTS) is 1. The predicted octanol–water partition coefficient (Wildman–Crippen LogP) is 1.97. The van der Waals surface area contributed by atoms with E-state index in [4.69, 9.17) is 9.84 Å². The van der Waals surface area contributed by atoms with Gasteiger partial charge in [0.2, 0.25) is 11.8 Å². The van der Waals surface area contributed by atoms with Gasteiger partial charge in [0.25, 0.3) is 0 Å². The van der Waals surface area contributed by atoms with Crippen LogP contribution in [0.5, 0.6) is 11.6 Å². The Kier molecular flexibility index (Phi) is 5.49. The molecule has 0 atom stereocenters. The maximum Gasteiger partial charge on any atom is 0.354 e. The minimum atomic E-state index is -1.07. The van der Waals surface area contributed by atoms with Crippen molar-refractivity contribution in [2.24, 2.45) is 0 Å². The molecule has 3 rings (SSSR count). The first-order valence-corrected chi connectivity index (χ1v) is 8.41. The highest BCUT2D eigenvalue weighted by molar-refractivity contribution is 5.87. The van der Waals surface area contributed by atoms with E-state index in [2.05, 4.69) is 20.3 Å². The van der Waals surface area contributed by atoms with Gasteiger partial charge in [-0.05, 0) is 36.8 Å². The van der Waals surface area contributed by atoms with E-state index in [0.717, 1.165) is 4.57 Å². The highest BCUT2D eigenvalue weighted by Gasteiger charge is 2.07. The summed E-state index contributed by atoms with van der Waals surface area (Å²) < 4.78 is 6.57. The van der Waals surface area contributed by atoms with Crippen molar-refractivity contribution >= 4 is 17.6 Å². The van der Waals surface area contributed by atoms with Crippen LogP contribution in [-0.4, -0.2) is 30.6 Å². The number of aromatic amines is 1. The first-order valence-electron chi connectivity index (χ1n) is 8.41. The molecule has 0 fully saturated rings. The lowest BCUT2D eigenvalue weighted by Crippen LogP contribution is -2.37. The molecular weight excluding hydrogens is 366 g/mol. The number of H-pyrrole nitrogens is 1.